The van der Waals surface area contributed by atoms with Crippen molar-refractivity contribution in [1.29, 1.82) is 0 Å². The van der Waals surface area contributed by atoms with E-state index in [1.165, 1.54) is 32.1 Å². The van der Waals surface area contributed by atoms with Gasteiger partial charge in [-0.1, -0.05) is 114 Å². The molecule has 0 aromatic heterocycles. The minimum atomic E-state index is -1.58. The van der Waals surface area contributed by atoms with Crippen LogP contribution in [0.1, 0.15) is 125 Å². The third-order valence-electron chi connectivity index (χ3n) is 11.6. The number of hydrogen-bond acceptors (Lipinski definition) is 7. The maximum atomic E-state index is 14.3. The van der Waals surface area contributed by atoms with Crippen LogP contribution in [0.25, 0.3) is 0 Å². The highest BCUT2D eigenvalue weighted by molar-refractivity contribution is 9.09. The van der Waals surface area contributed by atoms with Gasteiger partial charge in [-0.15, -0.1) is 0 Å². The molecule has 8 heteroatoms. The Morgan fingerprint density at radius 2 is 1.60 bits per heavy atom. The second kappa shape index (κ2) is 14.8. The Morgan fingerprint density at radius 3 is 2.24 bits per heavy atom. The Bertz CT molecular complexity index is 1220. The molecule has 0 heterocycles. The van der Waals surface area contributed by atoms with Gasteiger partial charge < -0.3 is 9.47 Å². The summed E-state index contributed by atoms with van der Waals surface area (Å²) in [5.41, 5.74) is -2.16. The monoisotopic (exact) mass is 688 g/mol. The van der Waals surface area contributed by atoms with Crippen LogP contribution in [0, 0.1) is 34.5 Å². The maximum Gasteiger partial charge on any atom is 0.306 e. The number of halogens is 1. The summed E-state index contributed by atoms with van der Waals surface area (Å²) < 4.78 is 11.7. The highest BCUT2D eigenvalue weighted by atomic mass is 79.9. The van der Waals surface area contributed by atoms with Crippen molar-refractivity contribution >= 4 is 45.2 Å². The lowest BCUT2D eigenvalue weighted by Gasteiger charge is -2.58. The molecular formula is C37H53BrO7. The third-order valence-corrected chi connectivity index (χ3v) is 12.5. The topological polar surface area (TPSA) is 104 Å². The van der Waals surface area contributed by atoms with Crippen molar-refractivity contribution in [1.82, 2.24) is 0 Å². The van der Waals surface area contributed by atoms with E-state index in [1.54, 1.807) is 19.1 Å². The van der Waals surface area contributed by atoms with Gasteiger partial charge in [-0.05, 0) is 43.3 Å². The van der Waals surface area contributed by atoms with Crippen molar-refractivity contribution in [3.8, 4) is 0 Å². The van der Waals surface area contributed by atoms with Crippen molar-refractivity contribution in [3.05, 3.63) is 23.8 Å². The summed E-state index contributed by atoms with van der Waals surface area (Å²) in [5, 5.41) is 0. The Balaban J connectivity index is 1.57. The fourth-order valence-electron chi connectivity index (χ4n) is 9.30. The molecular weight excluding hydrogens is 636 g/mol. The number of alkyl halides is 1. The Kier molecular flexibility index (Phi) is 11.7. The summed E-state index contributed by atoms with van der Waals surface area (Å²) in [5.74, 6) is -2.37. The van der Waals surface area contributed by atoms with Gasteiger partial charge in [0.05, 0.1) is 0 Å². The molecule has 0 aromatic rings. The summed E-state index contributed by atoms with van der Waals surface area (Å²) in [7, 11) is 0. The van der Waals surface area contributed by atoms with E-state index >= 15 is 0 Å². The lowest BCUT2D eigenvalue weighted by Crippen LogP contribution is -2.64. The first kappa shape index (κ1) is 35.8. The van der Waals surface area contributed by atoms with E-state index < -0.39 is 40.8 Å². The molecule has 4 rings (SSSR count). The van der Waals surface area contributed by atoms with Crippen LogP contribution in [-0.4, -0.2) is 46.3 Å². The van der Waals surface area contributed by atoms with Crippen LogP contribution in [0.4, 0.5) is 0 Å². The fraction of sp³-hybridized carbons (Fsp3) is 0.757. The first-order valence-corrected chi connectivity index (χ1v) is 18.3. The van der Waals surface area contributed by atoms with Crippen LogP contribution in [0.5, 0.6) is 0 Å². The predicted octanol–water partition coefficient (Wildman–Crippen LogP) is 7.82. The van der Waals surface area contributed by atoms with Crippen LogP contribution in [0.3, 0.4) is 0 Å². The van der Waals surface area contributed by atoms with E-state index in [2.05, 4.69) is 22.9 Å². The number of ketones is 3. The molecule has 0 N–H and O–H groups in total. The molecule has 45 heavy (non-hydrogen) atoms. The number of carbonyl (C=O) groups excluding carboxylic acids is 5. The Morgan fingerprint density at radius 1 is 0.956 bits per heavy atom. The zero-order chi connectivity index (χ0) is 33.0. The number of fused-ring (bicyclic) bond motifs is 5. The molecule has 0 radical (unpaired) electrons. The summed E-state index contributed by atoms with van der Waals surface area (Å²) in [6.45, 7) is 9.31. The number of unbranched alkanes of at least 4 members (excludes halogenated alkanes) is 8. The smallest absolute Gasteiger partial charge is 0.306 e. The number of allylic oxidation sites excluding steroid dienone is 4. The van der Waals surface area contributed by atoms with E-state index in [0.717, 1.165) is 24.8 Å². The molecule has 0 saturated heterocycles. The van der Waals surface area contributed by atoms with Crippen molar-refractivity contribution in [2.75, 3.05) is 6.61 Å². The SMILES string of the molecule is CCCCCCCCCCCC(=O)O[C@]1(C(=O)COC(=O)CC)C(C)C[C@H]2[C@@H]3C(Br)CC4=CC(=O)C=C[C@]4(C)[C@H]3C(=O)C[C@@]21C. The molecule has 0 bridgehead atoms. The first-order valence-electron chi connectivity index (χ1n) is 17.4. The van der Waals surface area contributed by atoms with Crippen LogP contribution in [-0.2, 0) is 33.4 Å². The van der Waals surface area contributed by atoms with Gasteiger partial charge in [0.15, 0.2) is 18.0 Å². The van der Waals surface area contributed by atoms with Gasteiger partial charge in [0, 0.05) is 46.8 Å². The normalized spacial score (nSPS) is 35.2. The zero-order valence-corrected chi connectivity index (χ0v) is 29.5. The minimum absolute atomic E-state index is 0.0158. The number of rotatable bonds is 15. The summed E-state index contributed by atoms with van der Waals surface area (Å²) in [6.07, 6.45) is 16.8. The van der Waals surface area contributed by atoms with Crippen LogP contribution >= 0.6 is 15.9 Å². The first-order chi connectivity index (χ1) is 21.4. The highest BCUT2D eigenvalue weighted by Crippen LogP contribution is 2.69. The van der Waals surface area contributed by atoms with E-state index in [1.807, 2.05) is 26.8 Å². The van der Waals surface area contributed by atoms with Gasteiger partial charge in [0.1, 0.15) is 5.78 Å². The average molecular weight is 690 g/mol. The van der Waals surface area contributed by atoms with Crippen molar-refractivity contribution < 1.29 is 33.4 Å². The van der Waals surface area contributed by atoms with Gasteiger partial charge in [-0.2, -0.15) is 0 Å². The summed E-state index contributed by atoms with van der Waals surface area (Å²) >= 11 is 3.91. The molecule has 3 fully saturated rings. The summed E-state index contributed by atoms with van der Waals surface area (Å²) in [4.78, 5) is 66.4. The van der Waals surface area contributed by atoms with Gasteiger partial charge in [0.25, 0.3) is 0 Å². The fourth-order valence-corrected chi connectivity index (χ4v) is 10.3. The molecule has 0 amide bonds. The van der Waals surface area contributed by atoms with Gasteiger partial charge in [-0.3, -0.25) is 24.0 Å². The Labute approximate surface area is 277 Å². The lowest BCUT2D eigenvalue weighted by molar-refractivity contribution is -0.197. The number of hydrogen-bond donors (Lipinski definition) is 0. The Hall–Kier alpha value is -2.09. The largest absolute Gasteiger partial charge is 0.457 e. The second-order valence-electron chi connectivity index (χ2n) is 14.5. The average Bonchev–Trinajstić information content (AvgIpc) is 3.21. The quantitative estimate of drug-likeness (QED) is 0.0982. The second-order valence-corrected chi connectivity index (χ2v) is 15.7. The van der Waals surface area contributed by atoms with Gasteiger partial charge in [-0.25, -0.2) is 0 Å². The standard InChI is InChI=1S/C37H53BrO7/c1-6-8-9-10-11-12-13-14-15-16-32(43)45-37(30(41)23-44-31(42)7-2)24(3)19-27-33-28(38)21-25-20-26(39)17-18-35(25,4)34(33)29(40)22-36(27,37)5/h17-18,20,24,27-28,33-34H,6-16,19,21-23H2,1-5H3/t24?,27-,28?,33+,34-,35-,36-,37-/m0/s1. The predicted molar refractivity (Wildman–Crippen MR) is 177 cm³/mol. The lowest BCUT2D eigenvalue weighted by atomic mass is 9.46. The number of ether oxygens (including phenoxy) is 2. The van der Waals surface area contributed by atoms with Crippen LogP contribution in [0.2, 0.25) is 0 Å². The third kappa shape index (κ3) is 6.82. The molecule has 250 valence electrons. The van der Waals surface area contributed by atoms with E-state index in [9.17, 15) is 24.0 Å². The number of carbonyl (C=O) groups is 5. The molecule has 4 aliphatic carbocycles. The molecule has 0 aromatic carbocycles. The van der Waals surface area contributed by atoms with Gasteiger partial charge >= 0.3 is 11.9 Å². The van der Waals surface area contributed by atoms with Crippen LogP contribution in [0.15, 0.2) is 23.8 Å². The van der Waals surface area contributed by atoms with E-state index in [0.29, 0.717) is 19.3 Å². The zero-order valence-electron chi connectivity index (χ0n) is 28.0. The van der Waals surface area contributed by atoms with Crippen LogP contribution < -0.4 is 0 Å². The van der Waals surface area contributed by atoms with Crippen molar-refractivity contribution in [2.24, 2.45) is 34.5 Å². The summed E-state index contributed by atoms with van der Waals surface area (Å²) in [6, 6.07) is 0. The number of Topliss-reactive ketones (excluding diaryl/α,β-unsaturated/α-hetero) is 2. The molecule has 0 aliphatic heterocycles. The molecule has 2 unspecified atom stereocenters. The van der Waals surface area contributed by atoms with Gasteiger partial charge in [0.2, 0.25) is 5.78 Å². The molecule has 3 saturated carbocycles. The minimum Gasteiger partial charge on any atom is -0.457 e. The molecule has 4 aliphatic rings. The van der Waals surface area contributed by atoms with E-state index in [4.69, 9.17) is 9.47 Å². The molecule has 7 nitrogen and oxygen atoms in total. The number of esters is 2. The molecule has 0 spiro atoms. The highest BCUT2D eigenvalue weighted by Gasteiger charge is 2.74. The van der Waals surface area contributed by atoms with Crippen molar-refractivity contribution in [3.63, 3.8) is 0 Å². The maximum absolute atomic E-state index is 14.3. The molecule has 8 atom stereocenters. The van der Waals surface area contributed by atoms with Crippen molar-refractivity contribution in [2.45, 2.75) is 135 Å². The van der Waals surface area contributed by atoms with E-state index in [-0.39, 0.29) is 59.3 Å².